The van der Waals surface area contributed by atoms with Crippen LogP contribution in [0.5, 0.6) is 0 Å². The van der Waals surface area contributed by atoms with Crippen LogP contribution < -0.4 is 5.73 Å². The zero-order valence-electron chi connectivity index (χ0n) is 8.01. The van der Waals surface area contributed by atoms with E-state index in [1.54, 1.807) is 0 Å². The van der Waals surface area contributed by atoms with Crippen molar-refractivity contribution >= 4 is 6.09 Å². The van der Waals surface area contributed by atoms with Gasteiger partial charge in [-0.15, -0.1) is 0 Å². The van der Waals surface area contributed by atoms with E-state index in [1.807, 2.05) is 0 Å². The minimum atomic E-state index is -0.668. The lowest BCUT2D eigenvalue weighted by Crippen LogP contribution is -2.13. The van der Waals surface area contributed by atoms with Crippen LogP contribution in [-0.2, 0) is 4.74 Å². The molecule has 0 heterocycles. The second-order valence-corrected chi connectivity index (χ2v) is 3.41. The largest absolute Gasteiger partial charge is 0.450 e. The van der Waals surface area contributed by atoms with E-state index in [9.17, 15) is 4.79 Å². The summed E-state index contributed by atoms with van der Waals surface area (Å²) in [6, 6.07) is 0. The zero-order valence-corrected chi connectivity index (χ0v) is 8.01. The minimum Gasteiger partial charge on any atom is -0.450 e. The van der Waals surface area contributed by atoms with Gasteiger partial charge in [0.2, 0.25) is 0 Å². The van der Waals surface area contributed by atoms with Crippen LogP contribution in [0.15, 0.2) is 0 Å². The Hall–Kier alpha value is -0.730. The first-order valence-corrected chi connectivity index (χ1v) is 4.55. The lowest BCUT2D eigenvalue weighted by atomic mass is 10.1. The molecule has 1 amide bonds. The zero-order chi connectivity index (χ0) is 9.40. The van der Waals surface area contributed by atoms with Gasteiger partial charge in [0.25, 0.3) is 0 Å². The van der Waals surface area contributed by atoms with E-state index in [2.05, 4.69) is 18.6 Å². The first-order valence-electron chi connectivity index (χ1n) is 4.55. The smallest absolute Gasteiger partial charge is 0.404 e. The fraction of sp³-hybridized carbons (Fsp3) is 0.889. The summed E-state index contributed by atoms with van der Waals surface area (Å²) in [5.41, 5.74) is 4.79. The molecule has 0 rings (SSSR count). The van der Waals surface area contributed by atoms with Gasteiger partial charge in [-0.05, 0) is 12.3 Å². The molecule has 0 saturated carbocycles. The van der Waals surface area contributed by atoms with Crippen molar-refractivity contribution in [2.45, 2.75) is 39.5 Å². The third-order valence-corrected chi connectivity index (χ3v) is 1.67. The van der Waals surface area contributed by atoms with Crippen molar-refractivity contribution < 1.29 is 9.53 Å². The van der Waals surface area contributed by atoms with Gasteiger partial charge in [0.1, 0.15) is 0 Å². The molecule has 0 aliphatic heterocycles. The molecule has 0 aromatic carbocycles. The average molecular weight is 173 g/mol. The van der Waals surface area contributed by atoms with Gasteiger partial charge in [-0.3, -0.25) is 0 Å². The third kappa shape index (κ3) is 9.27. The fourth-order valence-electron chi connectivity index (χ4n) is 1.00. The second kappa shape index (κ2) is 6.95. The van der Waals surface area contributed by atoms with Crippen LogP contribution in [0.3, 0.4) is 0 Å². The molecular formula is C9H19NO2. The quantitative estimate of drug-likeness (QED) is 0.626. The monoisotopic (exact) mass is 173 g/mol. The molecule has 0 spiro atoms. The van der Waals surface area contributed by atoms with E-state index in [-0.39, 0.29) is 0 Å². The third-order valence-electron chi connectivity index (χ3n) is 1.67. The van der Waals surface area contributed by atoms with Crippen molar-refractivity contribution in [1.82, 2.24) is 0 Å². The first-order chi connectivity index (χ1) is 5.63. The lowest BCUT2D eigenvalue weighted by Gasteiger charge is -2.03. The van der Waals surface area contributed by atoms with Crippen molar-refractivity contribution in [2.24, 2.45) is 11.7 Å². The molecule has 12 heavy (non-hydrogen) atoms. The number of amides is 1. The maximum Gasteiger partial charge on any atom is 0.404 e. The van der Waals surface area contributed by atoms with Crippen LogP contribution in [0.2, 0.25) is 0 Å². The number of nitrogens with two attached hydrogens (primary N) is 1. The fourth-order valence-corrected chi connectivity index (χ4v) is 1.00. The highest BCUT2D eigenvalue weighted by Gasteiger charge is 1.95. The van der Waals surface area contributed by atoms with Crippen molar-refractivity contribution in [3.63, 3.8) is 0 Å². The standard InChI is InChI=1S/C9H19NO2/c1-8(2)6-4-3-5-7-12-9(10)11/h8H,3-7H2,1-2H3,(H2,10,11). The normalized spacial score (nSPS) is 10.2. The summed E-state index contributed by atoms with van der Waals surface area (Å²) in [6.07, 6.45) is 3.83. The Kier molecular flexibility index (Phi) is 6.53. The number of carbonyl (C=O) groups excluding carboxylic acids is 1. The predicted octanol–water partition coefficient (Wildman–Crippen LogP) is 2.30. The van der Waals surface area contributed by atoms with Crippen molar-refractivity contribution in [3.8, 4) is 0 Å². The second-order valence-electron chi connectivity index (χ2n) is 3.41. The number of ether oxygens (including phenoxy) is 1. The molecule has 0 aliphatic carbocycles. The lowest BCUT2D eigenvalue weighted by molar-refractivity contribution is 0.154. The van der Waals surface area contributed by atoms with Gasteiger partial charge in [-0.2, -0.15) is 0 Å². The Balaban J connectivity index is 2.96. The Labute approximate surface area is 74.3 Å². The van der Waals surface area contributed by atoms with Gasteiger partial charge in [0.05, 0.1) is 6.61 Å². The maximum atomic E-state index is 10.1. The molecule has 0 aromatic heterocycles. The van der Waals surface area contributed by atoms with Gasteiger partial charge < -0.3 is 10.5 Å². The summed E-state index contributed by atoms with van der Waals surface area (Å²) < 4.78 is 4.59. The van der Waals surface area contributed by atoms with Crippen LogP contribution in [-0.4, -0.2) is 12.7 Å². The summed E-state index contributed by atoms with van der Waals surface area (Å²) in [6.45, 7) is 4.88. The Morgan fingerprint density at radius 2 is 2.00 bits per heavy atom. The minimum absolute atomic E-state index is 0.466. The Bertz CT molecular complexity index is 124. The van der Waals surface area contributed by atoms with Crippen molar-refractivity contribution in [3.05, 3.63) is 0 Å². The number of hydrogen-bond donors (Lipinski definition) is 1. The number of rotatable bonds is 6. The van der Waals surface area contributed by atoms with Gasteiger partial charge in [-0.25, -0.2) is 4.79 Å². The number of unbranched alkanes of at least 4 members (excludes halogenated alkanes) is 2. The van der Waals surface area contributed by atoms with Crippen LogP contribution in [0.25, 0.3) is 0 Å². The van der Waals surface area contributed by atoms with Gasteiger partial charge in [0, 0.05) is 0 Å². The SMILES string of the molecule is CC(C)CCCCCOC(N)=O. The molecule has 72 valence electrons. The summed E-state index contributed by atoms with van der Waals surface area (Å²) in [4.78, 5) is 10.1. The molecule has 0 atom stereocenters. The highest BCUT2D eigenvalue weighted by atomic mass is 16.5. The molecule has 0 aromatic rings. The van der Waals surface area contributed by atoms with E-state index in [0.717, 1.165) is 18.8 Å². The molecule has 0 fully saturated rings. The van der Waals surface area contributed by atoms with E-state index in [4.69, 9.17) is 5.73 Å². The highest BCUT2D eigenvalue weighted by molar-refractivity contribution is 5.64. The van der Waals surface area contributed by atoms with E-state index in [0.29, 0.717) is 6.61 Å². The van der Waals surface area contributed by atoms with Crippen LogP contribution in [0.4, 0.5) is 4.79 Å². The van der Waals surface area contributed by atoms with Crippen molar-refractivity contribution in [1.29, 1.82) is 0 Å². The number of hydrogen-bond acceptors (Lipinski definition) is 2. The number of carbonyl (C=O) groups is 1. The molecule has 0 bridgehead atoms. The molecular weight excluding hydrogens is 154 g/mol. The van der Waals surface area contributed by atoms with E-state index < -0.39 is 6.09 Å². The van der Waals surface area contributed by atoms with Gasteiger partial charge in [0.15, 0.2) is 0 Å². The molecule has 0 radical (unpaired) electrons. The number of primary amides is 1. The average Bonchev–Trinajstić information content (AvgIpc) is 1.95. The van der Waals surface area contributed by atoms with Gasteiger partial charge >= 0.3 is 6.09 Å². The summed E-state index contributed by atoms with van der Waals surface area (Å²) in [5, 5.41) is 0. The maximum absolute atomic E-state index is 10.1. The summed E-state index contributed by atoms with van der Waals surface area (Å²) in [5.74, 6) is 0.766. The summed E-state index contributed by atoms with van der Waals surface area (Å²) in [7, 11) is 0. The molecule has 2 N–H and O–H groups in total. The molecule has 0 saturated heterocycles. The molecule has 0 unspecified atom stereocenters. The highest BCUT2D eigenvalue weighted by Crippen LogP contribution is 2.07. The van der Waals surface area contributed by atoms with Crippen LogP contribution in [0, 0.1) is 5.92 Å². The molecule has 0 aliphatic rings. The van der Waals surface area contributed by atoms with Gasteiger partial charge in [-0.1, -0.05) is 33.1 Å². The van der Waals surface area contributed by atoms with E-state index in [1.165, 1.54) is 12.8 Å². The van der Waals surface area contributed by atoms with Crippen LogP contribution >= 0.6 is 0 Å². The molecule has 3 heteroatoms. The molecule has 3 nitrogen and oxygen atoms in total. The van der Waals surface area contributed by atoms with E-state index >= 15 is 0 Å². The summed E-state index contributed by atoms with van der Waals surface area (Å²) >= 11 is 0. The Morgan fingerprint density at radius 1 is 1.33 bits per heavy atom. The first kappa shape index (κ1) is 11.3. The predicted molar refractivity (Wildman–Crippen MR) is 48.8 cm³/mol. The van der Waals surface area contributed by atoms with Crippen molar-refractivity contribution in [2.75, 3.05) is 6.61 Å². The topological polar surface area (TPSA) is 52.3 Å². The van der Waals surface area contributed by atoms with Crippen LogP contribution in [0.1, 0.15) is 39.5 Å². The Morgan fingerprint density at radius 3 is 2.50 bits per heavy atom.